The van der Waals surface area contributed by atoms with Gasteiger partial charge in [0.2, 0.25) is 0 Å². The average Bonchev–Trinajstić information content (AvgIpc) is 3.11. The highest BCUT2D eigenvalue weighted by molar-refractivity contribution is 5.78. The first-order valence-electron chi connectivity index (χ1n) is 5.30. The molecule has 1 aliphatic carbocycles. The van der Waals surface area contributed by atoms with Crippen molar-refractivity contribution < 1.29 is 4.39 Å². The van der Waals surface area contributed by atoms with Gasteiger partial charge in [-0.15, -0.1) is 0 Å². The van der Waals surface area contributed by atoms with Gasteiger partial charge in [-0.05, 0) is 25.0 Å². The fourth-order valence-electron chi connectivity index (χ4n) is 1.42. The van der Waals surface area contributed by atoms with Gasteiger partial charge in [0.15, 0.2) is 5.96 Å². The molecule has 1 aromatic rings. The van der Waals surface area contributed by atoms with Crippen LogP contribution >= 0.6 is 0 Å². The summed E-state index contributed by atoms with van der Waals surface area (Å²) in [5.74, 6) is 0.185. The van der Waals surface area contributed by atoms with Crippen molar-refractivity contribution in [2.24, 2.45) is 10.7 Å². The predicted molar refractivity (Wildman–Crippen MR) is 60.3 cm³/mol. The molecule has 1 aliphatic rings. The molecular formula is C11H15FN4. The number of nitrogens with zero attached hydrogens (tertiary/aromatic N) is 3. The summed E-state index contributed by atoms with van der Waals surface area (Å²) in [6.45, 7) is 0.392. The zero-order valence-corrected chi connectivity index (χ0v) is 9.23. The van der Waals surface area contributed by atoms with Crippen molar-refractivity contribution in [1.29, 1.82) is 0 Å². The summed E-state index contributed by atoms with van der Waals surface area (Å²) in [4.78, 5) is 10.1. The second kappa shape index (κ2) is 4.47. The van der Waals surface area contributed by atoms with Crippen LogP contribution < -0.4 is 5.73 Å². The number of hydrogen-bond acceptors (Lipinski definition) is 2. The molecule has 1 aromatic heterocycles. The number of aliphatic imine (C=N–C) groups is 1. The fourth-order valence-corrected chi connectivity index (χ4v) is 1.42. The average molecular weight is 222 g/mol. The van der Waals surface area contributed by atoms with E-state index in [2.05, 4.69) is 9.98 Å². The van der Waals surface area contributed by atoms with Crippen molar-refractivity contribution in [3.05, 3.63) is 29.8 Å². The molecule has 4 nitrogen and oxygen atoms in total. The third kappa shape index (κ3) is 2.68. The maximum absolute atomic E-state index is 12.6. The lowest BCUT2D eigenvalue weighted by atomic mass is 10.3. The van der Waals surface area contributed by atoms with Crippen molar-refractivity contribution in [1.82, 2.24) is 9.88 Å². The second-order valence-corrected chi connectivity index (χ2v) is 3.98. The first kappa shape index (κ1) is 10.9. The molecule has 5 heteroatoms. The van der Waals surface area contributed by atoms with Gasteiger partial charge in [0, 0.05) is 13.1 Å². The van der Waals surface area contributed by atoms with E-state index in [9.17, 15) is 4.39 Å². The Bertz CT molecular complexity index is 383. The molecule has 0 aromatic carbocycles. The Morgan fingerprint density at radius 1 is 1.62 bits per heavy atom. The normalized spacial score (nSPS) is 16.2. The van der Waals surface area contributed by atoms with Gasteiger partial charge in [0.25, 0.3) is 0 Å². The maximum Gasteiger partial charge on any atom is 0.191 e. The van der Waals surface area contributed by atoms with Gasteiger partial charge in [-0.2, -0.15) is 0 Å². The molecular weight excluding hydrogens is 207 g/mol. The molecule has 86 valence electrons. The molecule has 0 saturated heterocycles. The number of nitrogens with two attached hydrogens (primary N) is 1. The summed E-state index contributed by atoms with van der Waals surface area (Å²) in [6, 6.07) is 3.53. The predicted octanol–water partition coefficient (Wildman–Crippen LogP) is 1.13. The summed E-state index contributed by atoms with van der Waals surface area (Å²) >= 11 is 0. The second-order valence-electron chi connectivity index (χ2n) is 3.98. The summed E-state index contributed by atoms with van der Waals surface area (Å²) in [7, 11) is 1.94. The molecule has 1 heterocycles. The molecule has 0 aliphatic heterocycles. The molecule has 2 N–H and O–H groups in total. The first-order valence-corrected chi connectivity index (χ1v) is 5.30. The van der Waals surface area contributed by atoms with E-state index in [0.717, 1.165) is 0 Å². The third-order valence-corrected chi connectivity index (χ3v) is 2.65. The Hall–Kier alpha value is -1.65. The molecule has 0 unspecified atom stereocenters. The lowest BCUT2D eigenvalue weighted by Crippen LogP contribution is -2.35. The quantitative estimate of drug-likeness (QED) is 0.616. The molecule has 0 spiro atoms. The van der Waals surface area contributed by atoms with Gasteiger partial charge >= 0.3 is 0 Å². The maximum atomic E-state index is 12.6. The van der Waals surface area contributed by atoms with Crippen LogP contribution in [0.15, 0.2) is 23.3 Å². The van der Waals surface area contributed by atoms with Crippen LogP contribution in [0.1, 0.15) is 18.5 Å². The van der Waals surface area contributed by atoms with E-state index in [1.807, 2.05) is 11.9 Å². The number of rotatable bonds is 3. The highest BCUT2D eigenvalue weighted by Gasteiger charge is 2.27. The zero-order valence-electron chi connectivity index (χ0n) is 9.23. The van der Waals surface area contributed by atoms with Gasteiger partial charge < -0.3 is 10.6 Å². The van der Waals surface area contributed by atoms with Gasteiger partial charge in [0.1, 0.15) is 5.82 Å². The van der Waals surface area contributed by atoms with Gasteiger partial charge in [-0.25, -0.2) is 9.38 Å². The van der Waals surface area contributed by atoms with Crippen LogP contribution in [-0.2, 0) is 6.54 Å². The Kier molecular flexibility index (Phi) is 3.03. The van der Waals surface area contributed by atoms with E-state index in [4.69, 9.17) is 5.73 Å². The van der Waals surface area contributed by atoms with Gasteiger partial charge in [-0.3, -0.25) is 4.98 Å². The van der Waals surface area contributed by atoms with Crippen LogP contribution in [0.2, 0.25) is 0 Å². The van der Waals surface area contributed by atoms with Crippen molar-refractivity contribution in [2.75, 3.05) is 7.05 Å². The Balaban J connectivity index is 1.94. The summed E-state index contributed by atoms with van der Waals surface area (Å²) in [5, 5.41) is 0. The van der Waals surface area contributed by atoms with Gasteiger partial charge in [0.05, 0.1) is 18.4 Å². The highest BCUT2D eigenvalue weighted by Crippen LogP contribution is 2.24. The monoisotopic (exact) mass is 222 g/mol. The molecule has 16 heavy (non-hydrogen) atoms. The molecule has 0 radical (unpaired) electrons. The highest BCUT2D eigenvalue weighted by atomic mass is 19.1. The van der Waals surface area contributed by atoms with Crippen molar-refractivity contribution in [3.8, 4) is 0 Å². The molecule has 2 rings (SSSR count). The van der Waals surface area contributed by atoms with Crippen LogP contribution in [0.25, 0.3) is 0 Å². The topological polar surface area (TPSA) is 54.5 Å². The van der Waals surface area contributed by atoms with Crippen LogP contribution in [0, 0.1) is 5.82 Å². The van der Waals surface area contributed by atoms with E-state index in [1.165, 1.54) is 25.1 Å². The fraction of sp³-hybridized carbons (Fsp3) is 0.455. The summed E-state index contributed by atoms with van der Waals surface area (Å²) in [5.41, 5.74) is 6.53. The minimum Gasteiger partial charge on any atom is -0.370 e. The van der Waals surface area contributed by atoms with Crippen molar-refractivity contribution >= 4 is 5.96 Å². The largest absolute Gasteiger partial charge is 0.370 e. The van der Waals surface area contributed by atoms with Crippen LogP contribution in [0.3, 0.4) is 0 Å². The Morgan fingerprint density at radius 2 is 2.38 bits per heavy atom. The van der Waals surface area contributed by atoms with Gasteiger partial charge in [-0.1, -0.05) is 0 Å². The van der Waals surface area contributed by atoms with Crippen LogP contribution in [0.5, 0.6) is 0 Å². The lowest BCUT2D eigenvalue weighted by molar-refractivity contribution is 0.487. The number of guanidine groups is 1. The molecule has 0 amide bonds. The van der Waals surface area contributed by atoms with E-state index in [-0.39, 0.29) is 5.82 Å². The van der Waals surface area contributed by atoms with E-state index < -0.39 is 0 Å². The zero-order chi connectivity index (χ0) is 11.5. The minimum atomic E-state index is -0.337. The Morgan fingerprint density at radius 3 is 2.94 bits per heavy atom. The SMILES string of the molecule is CN(C(N)=NCc1ccc(F)cn1)C1CC1. The third-order valence-electron chi connectivity index (χ3n) is 2.65. The smallest absolute Gasteiger partial charge is 0.191 e. The standard InChI is InChI=1S/C11H15FN4/c1-16(10-4-5-10)11(13)15-7-9-3-2-8(12)6-14-9/h2-3,6,10H,4-5,7H2,1H3,(H2,13,15). The minimum absolute atomic E-state index is 0.337. The van der Waals surface area contributed by atoms with Crippen molar-refractivity contribution in [3.63, 3.8) is 0 Å². The summed E-state index contributed by atoms with van der Waals surface area (Å²) < 4.78 is 12.6. The number of halogens is 1. The van der Waals surface area contributed by atoms with E-state index in [1.54, 1.807) is 6.07 Å². The number of hydrogen-bond donors (Lipinski definition) is 1. The molecule has 1 saturated carbocycles. The summed E-state index contributed by atoms with van der Waals surface area (Å²) in [6.07, 6.45) is 3.55. The Labute approximate surface area is 94.0 Å². The van der Waals surface area contributed by atoms with E-state index >= 15 is 0 Å². The van der Waals surface area contributed by atoms with Crippen LogP contribution in [-0.4, -0.2) is 28.9 Å². The number of aromatic nitrogens is 1. The molecule has 1 fully saturated rings. The lowest BCUT2D eigenvalue weighted by Gasteiger charge is -2.16. The number of pyridine rings is 1. The molecule has 0 atom stereocenters. The molecule has 0 bridgehead atoms. The van der Waals surface area contributed by atoms with E-state index in [0.29, 0.717) is 24.2 Å². The van der Waals surface area contributed by atoms with Crippen molar-refractivity contribution in [2.45, 2.75) is 25.4 Å². The first-order chi connectivity index (χ1) is 7.66. The van der Waals surface area contributed by atoms with Crippen LogP contribution in [0.4, 0.5) is 4.39 Å².